The predicted octanol–water partition coefficient (Wildman–Crippen LogP) is -3.13. The number of β-lactam (4-membered cyclic amide) rings is 1. The Labute approximate surface area is 218 Å². The number of hydrogen-bond acceptors (Lipinski definition) is 13. The standard InChI is InChI=1S/C17H23N11O8S2/c1-17(2,14(31)32)36-26-10(8-6-37-16(20)23-8)12(29)24-11-9(28(13(11)30)38(33,34)35)5-27-22-4-7(25-27)3-21-15(18)19/h4,6,9,11H,3,5H2,1-2H3,(H2,20,23)(H,24,29)(H,31,32)(H4,18,19,21)(H,33,34,35). The molecule has 0 aliphatic carbocycles. The van der Waals surface area contributed by atoms with Gasteiger partial charge >= 0.3 is 16.3 Å². The van der Waals surface area contributed by atoms with E-state index in [4.69, 9.17) is 22.0 Å². The van der Waals surface area contributed by atoms with Gasteiger partial charge in [0.15, 0.2) is 16.8 Å². The maximum absolute atomic E-state index is 13.1. The molecule has 2 aromatic rings. The fraction of sp³-hybridized carbons (Fsp3) is 0.412. The van der Waals surface area contributed by atoms with E-state index in [0.717, 1.165) is 16.1 Å². The number of carbonyl (C=O) groups is 3. The fourth-order valence-electron chi connectivity index (χ4n) is 2.98. The van der Waals surface area contributed by atoms with E-state index < -0.39 is 51.5 Å². The molecule has 0 bridgehead atoms. The van der Waals surface area contributed by atoms with E-state index >= 15 is 0 Å². The van der Waals surface area contributed by atoms with E-state index in [9.17, 15) is 32.5 Å². The van der Waals surface area contributed by atoms with Crippen molar-refractivity contribution in [3.8, 4) is 0 Å². The molecule has 1 aliphatic rings. The second-order valence-corrected chi connectivity index (χ2v) is 10.4. The van der Waals surface area contributed by atoms with Crippen molar-refractivity contribution in [2.24, 2.45) is 21.6 Å². The third-order valence-corrected chi connectivity index (χ3v) is 6.54. The first-order valence-electron chi connectivity index (χ1n) is 10.4. The normalized spacial score (nSPS) is 18.0. The molecule has 1 fully saturated rings. The minimum Gasteiger partial charge on any atom is -0.478 e. The molecule has 9 N–H and O–H groups in total. The summed E-state index contributed by atoms with van der Waals surface area (Å²) in [6, 6.07) is -2.85. The van der Waals surface area contributed by atoms with Crippen LogP contribution in [-0.4, -0.2) is 89.5 Å². The number of thiazole rings is 1. The van der Waals surface area contributed by atoms with Crippen LogP contribution in [0.4, 0.5) is 5.13 Å². The summed E-state index contributed by atoms with van der Waals surface area (Å²) in [7, 11) is -5.01. The molecule has 2 unspecified atom stereocenters. The van der Waals surface area contributed by atoms with Gasteiger partial charge in [-0.2, -0.15) is 23.4 Å². The van der Waals surface area contributed by atoms with E-state index in [0.29, 0.717) is 5.69 Å². The predicted molar refractivity (Wildman–Crippen MR) is 130 cm³/mol. The Kier molecular flexibility index (Phi) is 7.83. The van der Waals surface area contributed by atoms with Crippen LogP contribution in [0.15, 0.2) is 21.7 Å². The van der Waals surface area contributed by atoms with Gasteiger partial charge in [0, 0.05) is 5.38 Å². The van der Waals surface area contributed by atoms with Crippen LogP contribution in [0.5, 0.6) is 0 Å². The number of amides is 2. The van der Waals surface area contributed by atoms with Crippen LogP contribution in [0.1, 0.15) is 25.2 Å². The van der Waals surface area contributed by atoms with Crippen LogP contribution < -0.4 is 22.5 Å². The van der Waals surface area contributed by atoms with E-state index in [-0.39, 0.29) is 34.2 Å². The highest BCUT2D eigenvalue weighted by molar-refractivity contribution is 7.84. The number of nitrogens with two attached hydrogens (primary N) is 3. The first-order valence-corrected chi connectivity index (χ1v) is 12.6. The summed E-state index contributed by atoms with van der Waals surface area (Å²) in [6.07, 6.45) is 1.29. The lowest BCUT2D eigenvalue weighted by Crippen LogP contribution is -2.73. The van der Waals surface area contributed by atoms with Crippen molar-refractivity contribution in [3.63, 3.8) is 0 Å². The van der Waals surface area contributed by atoms with Crippen LogP contribution in [0.3, 0.4) is 0 Å². The smallest absolute Gasteiger partial charge is 0.362 e. The maximum Gasteiger partial charge on any atom is 0.362 e. The van der Waals surface area contributed by atoms with Gasteiger partial charge in [-0.1, -0.05) is 5.16 Å². The Morgan fingerprint density at radius 3 is 2.58 bits per heavy atom. The molecule has 2 amide bonds. The number of nitrogens with one attached hydrogen (secondary N) is 1. The quantitative estimate of drug-likeness (QED) is 0.0509. The van der Waals surface area contributed by atoms with Gasteiger partial charge in [0.1, 0.15) is 23.5 Å². The molecule has 0 saturated carbocycles. The zero-order valence-corrected chi connectivity index (χ0v) is 21.4. The van der Waals surface area contributed by atoms with Crippen LogP contribution >= 0.6 is 11.3 Å². The Morgan fingerprint density at radius 2 is 2.03 bits per heavy atom. The molecule has 0 spiro atoms. The number of nitrogens with zero attached hydrogens (tertiary/aromatic N) is 7. The zero-order chi connectivity index (χ0) is 28.4. The molecule has 2 atom stereocenters. The number of aromatic nitrogens is 4. The van der Waals surface area contributed by atoms with E-state index in [1.54, 1.807) is 0 Å². The highest BCUT2D eigenvalue weighted by Gasteiger charge is 2.54. The van der Waals surface area contributed by atoms with Gasteiger partial charge in [0.25, 0.3) is 11.8 Å². The third-order valence-electron chi connectivity index (χ3n) is 4.92. The summed E-state index contributed by atoms with van der Waals surface area (Å²) >= 11 is 0.945. The SMILES string of the molecule is CC(C)(ON=C(C(=O)NC1C(=O)N(S(=O)(=O)O)C1Cn1ncc(CN=C(N)N)n1)c1csc(N)n1)C(=O)O. The molecule has 38 heavy (non-hydrogen) atoms. The average molecular weight is 574 g/mol. The molecule has 21 heteroatoms. The van der Waals surface area contributed by atoms with Crippen molar-refractivity contribution in [2.75, 3.05) is 5.73 Å². The van der Waals surface area contributed by atoms with Crippen LogP contribution in [0.2, 0.25) is 0 Å². The lowest BCUT2D eigenvalue weighted by atomic mass is 9.98. The van der Waals surface area contributed by atoms with Crippen molar-refractivity contribution >= 4 is 56.2 Å². The lowest BCUT2D eigenvalue weighted by molar-refractivity contribution is -0.161. The lowest BCUT2D eigenvalue weighted by Gasteiger charge is -2.43. The first-order chi connectivity index (χ1) is 17.6. The number of carboxylic acid groups (broad SMARTS) is 1. The van der Waals surface area contributed by atoms with Gasteiger partial charge < -0.3 is 32.5 Å². The summed E-state index contributed by atoms with van der Waals surface area (Å²) in [5.74, 6) is -3.82. The van der Waals surface area contributed by atoms with Crippen LogP contribution in [0.25, 0.3) is 0 Å². The number of hydrogen-bond donors (Lipinski definition) is 6. The molecule has 1 aliphatic heterocycles. The van der Waals surface area contributed by atoms with Crippen molar-refractivity contribution in [1.82, 2.24) is 29.6 Å². The molecular weight excluding hydrogens is 550 g/mol. The average Bonchev–Trinajstić information content (AvgIpc) is 3.43. The fourth-order valence-corrected chi connectivity index (χ4v) is 4.40. The summed E-state index contributed by atoms with van der Waals surface area (Å²) in [5, 5.41) is 24.5. The number of nitrogen functional groups attached to an aromatic ring is 1. The van der Waals surface area contributed by atoms with Gasteiger partial charge in [0.05, 0.1) is 19.3 Å². The van der Waals surface area contributed by atoms with Gasteiger partial charge in [0.2, 0.25) is 5.60 Å². The van der Waals surface area contributed by atoms with Crippen molar-refractivity contribution in [2.45, 2.75) is 44.6 Å². The Morgan fingerprint density at radius 1 is 1.34 bits per heavy atom. The second-order valence-electron chi connectivity index (χ2n) is 8.18. The van der Waals surface area contributed by atoms with E-state index in [2.05, 4.69) is 30.6 Å². The highest BCUT2D eigenvalue weighted by atomic mass is 32.2. The summed E-state index contributed by atoms with van der Waals surface area (Å²) in [6.45, 7) is 1.95. The Hall–Kier alpha value is -4.37. The van der Waals surface area contributed by atoms with Crippen LogP contribution in [0, 0.1) is 0 Å². The van der Waals surface area contributed by atoms with Gasteiger partial charge in [-0.05, 0) is 13.8 Å². The number of rotatable bonds is 11. The minimum absolute atomic E-state index is 0.0304. The number of carboxylic acids is 1. The summed E-state index contributed by atoms with van der Waals surface area (Å²) < 4.78 is 33.3. The van der Waals surface area contributed by atoms with E-state index in [1.807, 2.05) is 0 Å². The second kappa shape index (κ2) is 10.5. The number of aliphatic carboxylic acids is 1. The summed E-state index contributed by atoms with van der Waals surface area (Å²) in [5.41, 5.74) is 14.0. The zero-order valence-electron chi connectivity index (χ0n) is 19.7. The largest absolute Gasteiger partial charge is 0.478 e. The number of guanidine groups is 1. The Balaban J connectivity index is 1.87. The molecule has 2 aromatic heterocycles. The molecule has 3 heterocycles. The van der Waals surface area contributed by atoms with E-state index in [1.165, 1.54) is 25.4 Å². The molecular formula is C17H23N11O8S2. The number of oxime groups is 1. The third kappa shape index (κ3) is 6.30. The molecule has 0 radical (unpaired) electrons. The monoisotopic (exact) mass is 573 g/mol. The highest BCUT2D eigenvalue weighted by Crippen LogP contribution is 2.25. The molecule has 206 valence electrons. The molecule has 19 nitrogen and oxygen atoms in total. The molecule has 3 rings (SSSR count). The maximum atomic E-state index is 13.1. The number of carbonyl (C=O) groups excluding carboxylic acids is 2. The van der Waals surface area contributed by atoms with Crippen molar-refractivity contribution in [1.29, 1.82) is 0 Å². The van der Waals surface area contributed by atoms with Crippen molar-refractivity contribution < 1.29 is 37.3 Å². The summed E-state index contributed by atoms with van der Waals surface area (Å²) in [4.78, 5) is 50.7. The minimum atomic E-state index is -5.01. The van der Waals surface area contributed by atoms with Gasteiger partial charge in [-0.25, -0.2) is 19.1 Å². The first kappa shape index (κ1) is 28.2. The van der Waals surface area contributed by atoms with Gasteiger partial charge in [-0.3, -0.25) is 14.1 Å². The number of aliphatic imine (C=N–C) groups is 1. The topological polar surface area (TPSA) is 297 Å². The van der Waals surface area contributed by atoms with Gasteiger partial charge in [-0.15, -0.1) is 11.3 Å². The van der Waals surface area contributed by atoms with Crippen molar-refractivity contribution in [3.05, 3.63) is 23.0 Å². The Bertz CT molecular complexity index is 1410. The van der Waals surface area contributed by atoms with Crippen LogP contribution in [-0.2, 0) is 42.6 Å². The molecule has 1 saturated heterocycles. The number of anilines is 1. The molecule has 0 aromatic carbocycles.